The molecular weight excluding hydrogens is 176 g/mol. The summed E-state index contributed by atoms with van der Waals surface area (Å²) in [5, 5.41) is 0. The van der Waals surface area contributed by atoms with Crippen LogP contribution in [-0.4, -0.2) is 12.6 Å². The molecule has 0 aliphatic carbocycles. The molecule has 14 heavy (non-hydrogen) atoms. The van der Waals surface area contributed by atoms with Crippen molar-refractivity contribution >= 4 is 5.97 Å². The number of esters is 1. The minimum Gasteiger partial charge on any atom is -0.466 e. The Hall–Kier alpha value is -1.05. The van der Waals surface area contributed by atoms with E-state index in [1.807, 2.05) is 32.9 Å². The molecule has 0 aromatic rings. The lowest BCUT2D eigenvalue weighted by molar-refractivity contribution is -0.143. The summed E-state index contributed by atoms with van der Waals surface area (Å²) in [4.78, 5) is 11.1. The largest absolute Gasteiger partial charge is 0.466 e. The van der Waals surface area contributed by atoms with Gasteiger partial charge < -0.3 is 4.74 Å². The Kier molecular flexibility index (Phi) is 6.81. The van der Waals surface area contributed by atoms with Crippen LogP contribution >= 0.6 is 0 Å². The summed E-state index contributed by atoms with van der Waals surface area (Å²) in [5.74, 6) is 0.119. The van der Waals surface area contributed by atoms with Gasteiger partial charge in [-0.05, 0) is 26.2 Å². The van der Waals surface area contributed by atoms with E-state index >= 15 is 0 Å². The molecule has 0 rings (SSSR count). The Balaban J connectivity index is 3.74. The second kappa shape index (κ2) is 7.36. The zero-order chi connectivity index (χ0) is 11.0. The molecule has 80 valence electrons. The maximum atomic E-state index is 11.1. The topological polar surface area (TPSA) is 26.3 Å². The van der Waals surface area contributed by atoms with Crippen molar-refractivity contribution in [3.05, 3.63) is 24.3 Å². The smallest absolute Gasteiger partial charge is 0.306 e. The quantitative estimate of drug-likeness (QED) is 0.482. The zero-order valence-corrected chi connectivity index (χ0v) is 9.38. The first kappa shape index (κ1) is 12.9. The van der Waals surface area contributed by atoms with Crippen LogP contribution in [0.15, 0.2) is 24.3 Å². The fourth-order valence-electron chi connectivity index (χ4n) is 1.05. The van der Waals surface area contributed by atoms with E-state index in [4.69, 9.17) is 4.74 Å². The molecule has 0 N–H and O–H groups in total. The van der Waals surface area contributed by atoms with E-state index in [0.717, 1.165) is 12.0 Å². The summed E-state index contributed by atoms with van der Waals surface area (Å²) >= 11 is 0. The summed E-state index contributed by atoms with van der Waals surface area (Å²) in [6.07, 6.45) is 5.42. The summed E-state index contributed by atoms with van der Waals surface area (Å²) < 4.78 is 4.85. The molecule has 0 saturated heterocycles. The molecule has 0 amide bonds. The molecule has 0 bridgehead atoms. The van der Waals surface area contributed by atoms with Crippen LogP contribution in [0.5, 0.6) is 0 Å². The maximum absolute atomic E-state index is 11.1. The summed E-state index contributed by atoms with van der Waals surface area (Å²) in [7, 11) is 0. The fourth-order valence-corrected chi connectivity index (χ4v) is 1.05. The predicted molar refractivity (Wildman–Crippen MR) is 59.0 cm³/mol. The van der Waals surface area contributed by atoms with E-state index in [-0.39, 0.29) is 11.9 Å². The van der Waals surface area contributed by atoms with E-state index in [1.165, 1.54) is 0 Å². The Morgan fingerprint density at radius 3 is 2.71 bits per heavy atom. The second-order valence-corrected chi connectivity index (χ2v) is 3.58. The lowest BCUT2D eigenvalue weighted by Crippen LogP contribution is -2.07. The van der Waals surface area contributed by atoms with Gasteiger partial charge in [-0.25, -0.2) is 0 Å². The summed E-state index contributed by atoms with van der Waals surface area (Å²) in [6, 6.07) is 0. The fraction of sp³-hybridized carbons (Fsp3) is 0.583. The van der Waals surface area contributed by atoms with Crippen LogP contribution in [0.1, 0.15) is 33.6 Å². The van der Waals surface area contributed by atoms with Crippen molar-refractivity contribution in [2.45, 2.75) is 33.6 Å². The minimum atomic E-state index is -0.125. The molecule has 2 nitrogen and oxygen atoms in total. The average molecular weight is 196 g/mol. The molecule has 0 aromatic heterocycles. The Morgan fingerprint density at radius 1 is 1.57 bits per heavy atom. The third kappa shape index (κ3) is 7.59. The molecular formula is C12H20O2. The van der Waals surface area contributed by atoms with E-state index in [0.29, 0.717) is 13.0 Å². The lowest BCUT2D eigenvalue weighted by Gasteiger charge is -2.05. The number of carbonyl (C=O) groups excluding carboxylic acids is 1. The van der Waals surface area contributed by atoms with Gasteiger partial charge in [0.15, 0.2) is 0 Å². The SMILES string of the molecule is C=C(C)C/C=C/C(C)CC(=O)OCC. The van der Waals surface area contributed by atoms with Crippen LogP contribution in [0.2, 0.25) is 0 Å². The van der Waals surface area contributed by atoms with Gasteiger partial charge in [-0.2, -0.15) is 0 Å². The first-order valence-electron chi connectivity index (χ1n) is 5.03. The molecule has 1 atom stereocenters. The molecule has 0 radical (unpaired) electrons. The van der Waals surface area contributed by atoms with Crippen LogP contribution in [0.4, 0.5) is 0 Å². The van der Waals surface area contributed by atoms with Gasteiger partial charge in [-0.3, -0.25) is 4.79 Å². The van der Waals surface area contributed by atoms with Crippen molar-refractivity contribution in [2.24, 2.45) is 5.92 Å². The highest BCUT2D eigenvalue weighted by molar-refractivity contribution is 5.69. The van der Waals surface area contributed by atoms with Crippen molar-refractivity contribution in [3.63, 3.8) is 0 Å². The standard InChI is InChI=1S/C12H20O2/c1-5-14-12(13)9-11(4)8-6-7-10(2)3/h6,8,11H,2,5,7,9H2,1,3-4H3/b8-6+. The van der Waals surface area contributed by atoms with E-state index in [2.05, 4.69) is 6.58 Å². The van der Waals surface area contributed by atoms with Crippen molar-refractivity contribution in [3.8, 4) is 0 Å². The second-order valence-electron chi connectivity index (χ2n) is 3.58. The van der Waals surface area contributed by atoms with Gasteiger partial charge in [0.25, 0.3) is 0 Å². The molecule has 1 unspecified atom stereocenters. The molecule has 0 spiro atoms. The predicted octanol–water partition coefficient (Wildman–Crippen LogP) is 3.10. The van der Waals surface area contributed by atoms with Gasteiger partial charge in [-0.15, -0.1) is 0 Å². The first-order valence-corrected chi connectivity index (χ1v) is 5.03. The van der Waals surface area contributed by atoms with Gasteiger partial charge in [-0.1, -0.05) is 31.2 Å². The first-order chi connectivity index (χ1) is 6.56. The van der Waals surface area contributed by atoms with Crippen molar-refractivity contribution < 1.29 is 9.53 Å². The van der Waals surface area contributed by atoms with Crippen LogP contribution in [-0.2, 0) is 9.53 Å². The molecule has 0 saturated carbocycles. The van der Waals surface area contributed by atoms with E-state index < -0.39 is 0 Å². The van der Waals surface area contributed by atoms with Crippen LogP contribution in [0, 0.1) is 5.92 Å². The normalized spacial score (nSPS) is 12.8. The molecule has 0 aliphatic rings. The third-order valence-corrected chi connectivity index (χ3v) is 1.72. The highest BCUT2D eigenvalue weighted by Gasteiger charge is 2.05. The minimum absolute atomic E-state index is 0.125. The molecule has 0 aromatic carbocycles. The number of allylic oxidation sites excluding steroid dienone is 3. The molecule has 2 heteroatoms. The van der Waals surface area contributed by atoms with Gasteiger partial charge in [0.2, 0.25) is 0 Å². The Morgan fingerprint density at radius 2 is 2.21 bits per heavy atom. The summed E-state index contributed by atoms with van der Waals surface area (Å²) in [6.45, 7) is 10.1. The van der Waals surface area contributed by atoms with Gasteiger partial charge in [0.1, 0.15) is 0 Å². The van der Waals surface area contributed by atoms with Crippen molar-refractivity contribution in [1.29, 1.82) is 0 Å². The number of hydrogen-bond donors (Lipinski definition) is 0. The number of ether oxygens (including phenoxy) is 1. The van der Waals surface area contributed by atoms with Gasteiger partial charge in [0, 0.05) is 0 Å². The Labute approximate surface area is 86.6 Å². The monoisotopic (exact) mass is 196 g/mol. The summed E-state index contributed by atoms with van der Waals surface area (Å²) in [5.41, 5.74) is 1.13. The lowest BCUT2D eigenvalue weighted by atomic mass is 10.1. The zero-order valence-electron chi connectivity index (χ0n) is 9.38. The van der Waals surface area contributed by atoms with Gasteiger partial charge >= 0.3 is 5.97 Å². The molecule has 0 fully saturated rings. The van der Waals surface area contributed by atoms with E-state index in [1.54, 1.807) is 0 Å². The van der Waals surface area contributed by atoms with Crippen LogP contribution in [0.3, 0.4) is 0 Å². The third-order valence-electron chi connectivity index (χ3n) is 1.72. The number of carbonyl (C=O) groups is 1. The maximum Gasteiger partial charge on any atom is 0.306 e. The average Bonchev–Trinajstić information content (AvgIpc) is 2.03. The van der Waals surface area contributed by atoms with Crippen LogP contribution < -0.4 is 0 Å². The van der Waals surface area contributed by atoms with Crippen molar-refractivity contribution in [1.82, 2.24) is 0 Å². The van der Waals surface area contributed by atoms with E-state index in [9.17, 15) is 4.79 Å². The molecule has 0 aliphatic heterocycles. The highest BCUT2D eigenvalue weighted by atomic mass is 16.5. The number of rotatable bonds is 6. The number of hydrogen-bond acceptors (Lipinski definition) is 2. The highest BCUT2D eigenvalue weighted by Crippen LogP contribution is 2.07. The van der Waals surface area contributed by atoms with Crippen LogP contribution in [0.25, 0.3) is 0 Å². The molecule has 0 heterocycles. The Bertz CT molecular complexity index is 216. The van der Waals surface area contributed by atoms with Crippen molar-refractivity contribution in [2.75, 3.05) is 6.61 Å². The van der Waals surface area contributed by atoms with Gasteiger partial charge in [0.05, 0.1) is 13.0 Å².